The topological polar surface area (TPSA) is 61.1 Å². The molecular formula is C18H19NO2. The van der Waals surface area contributed by atoms with Crippen molar-refractivity contribution >= 4 is 11.5 Å². The first kappa shape index (κ1) is 15.1. The van der Waals surface area contributed by atoms with Gasteiger partial charge < -0.3 is 5.11 Å². The molecule has 1 aliphatic rings. The minimum atomic E-state index is -0.938. The summed E-state index contributed by atoms with van der Waals surface area (Å²) in [4.78, 5) is 11.5. The lowest BCUT2D eigenvalue weighted by Gasteiger charge is -2.28. The largest absolute Gasteiger partial charge is 0.478 e. The summed E-state index contributed by atoms with van der Waals surface area (Å²) in [7, 11) is 0. The number of benzene rings is 1. The number of unbranched alkanes of at least 4 members (excludes halogenated alkanes) is 1. The van der Waals surface area contributed by atoms with Gasteiger partial charge in [0.2, 0.25) is 0 Å². The third kappa shape index (κ3) is 3.22. The van der Waals surface area contributed by atoms with Gasteiger partial charge in [-0.05, 0) is 30.1 Å². The molecule has 1 unspecified atom stereocenters. The van der Waals surface area contributed by atoms with Crippen LogP contribution in [0.4, 0.5) is 0 Å². The molecule has 21 heavy (non-hydrogen) atoms. The summed E-state index contributed by atoms with van der Waals surface area (Å²) < 4.78 is 0. The number of nitriles is 1. The van der Waals surface area contributed by atoms with Gasteiger partial charge in [0.1, 0.15) is 0 Å². The second kappa shape index (κ2) is 6.41. The molecule has 0 saturated carbocycles. The van der Waals surface area contributed by atoms with E-state index < -0.39 is 11.4 Å². The maximum absolute atomic E-state index is 11.5. The van der Waals surface area contributed by atoms with Gasteiger partial charge >= 0.3 is 5.97 Å². The van der Waals surface area contributed by atoms with Crippen LogP contribution in [0.3, 0.4) is 0 Å². The Hall–Kier alpha value is -2.34. The average molecular weight is 281 g/mol. The molecule has 0 bridgehead atoms. The molecule has 1 N–H and O–H groups in total. The number of allylic oxidation sites excluding steroid dienone is 2. The minimum Gasteiger partial charge on any atom is -0.478 e. The van der Waals surface area contributed by atoms with E-state index in [1.165, 1.54) is 0 Å². The summed E-state index contributed by atoms with van der Waals surface area (Å²) in [6.07, 6.45) is 6.59. The maximum atomic E-state index is 11.5. The molecule has 0 spiro atoms. The zero-order valence-electron chi connectivity index (χ0n) is 12.2. The number of carbonyl (C=O) groups is 1. The van der Waals surface area contributed by atoms with Gasteiger partial charge in [0, 0.05) is 0 Å². The van der Waals surface area contributed by atoms with Gasteiger partial charge in [0.25, 0.3) is 0 Å². The number of carboxylic acid groups (broad SMARTS) is 1. The van der Waals surface area contributed by atoms with E-state index in [0.717, 1.165) is 30.4 Å². The van der Waals surface area contributed by atoms with E-state index >= 15 is 0 Å². The van der Waals surface area contributed by atoms with Crippen LogP contribution in [0.2, 0.25) is 0 Å². The van der Waals surface area contributed by atoms with Gasteiger partial charge in [-0.15, -0.1) is 0 Å². The molecular weight excluding hydrogens is 262 g/mol. The van der Waals surface area contributed by atoms with Crippen LogP contribution in [0, 0.1) is 16.7 Å². The average Bonchev–Trinajstić information content (AvgIpc) is 2.53. The predicted molar refractivity (Wildman–Crippen MR) is 82.3 cm³/mol. The van der Waals surface area contributed by atoms with Crippen molar-refractivity contribution in [3.63, 3.8) is 0 Å². The number of hydrogen-bond acceptors (Lipinski definition) is 2. The Morgan fingerprint density at radius 2 is 2.10 bits per heavy atom. The van der Waals surface area contributed by atoms with Gasteiger partial charge in [0.15, 0.2) is 0 Å². The summed E-state index contributed by atoms with van der Waals surface area (Å²) in [5.74, 6) is -0.938. The number of aliphatic carboxylic acids is 1. The fourth-order valence-corrected chi connectivity index (χ4v) is 2.71. The molecule has 108 valence electrons. The van der Waals surface area contributed by atoms with Crippen molar-refractivity contribution in [1.29, 1.82) is 5.26 Å². The molecule has 0 radical (unpaired) electrons. The molecule has 0 amide bonds. The number of nitrogens with zero attached hydrogens (tertiary/aromatic N) is 1. The van der Waals surface area contributed by atoms with Crippen LogP contribution in [0.25, 0.3) is 5.57 Å². The third-order valence-corrected chi connectivity index (χ3v) is 3.94. The Bertz CT molecular complexity index is 622. The van der Waals surface area contributed by atoms with E-state index in [2.05, 4.69) is 13.0 Å². The first-order valence-electron chi connectivity index (χ1n) is 7.24. The van der Waals surface area contributed by atoms with E-state index in [1.54, 1.807) is 12.2 Å². The second-order valence-electron chi connectivity index (χ2n) is 5.45. The third-order valence-electron chi connectivity index (χ3n) is 3.94. The van der Waals surface area contributed by atoms with Crippen LogP contribution in [-0.2, 0) is 4.79 Å². The van der Waals surface area contributed by atoms with E-state index in [0.29, 0.717) is 12.0 Å². The summed E-state index contributed by atoms with van der Waals surface area (Å²) >= 11 is 0. The molecule has 0 aliphatic heterocycles. The SMILES string of the molecule is CCCCC1(C#N)C=CC(C(=O)O)=C(c2ccccc2)C1. The first-order valence-corrected chi connectivity index (χ1v) is 7.24. The molecule has 1 aromatic carbocycles. The fourth-order valence-electron chi connectivity index (χ4n) is 2.71. The molecule has 2 rings (SSSR count). The summed E-state index contributed by atoms with van der Waals surface area (Å²) in [5, 5.41) is 19.0. The van der Waals surface area contributed by atoms with Crippen molar-refractivity contribution in [3.05, 3.63) is 53.6 Å². The Balaban J connectivity index is 2.44. The zero-order valence-corrected chi connectivity index (χ0v) is 12.2. The monoisotopic (exact) mass is 281 g/mol. The number of carboxylic acids is 1. The van der Waals surface area contributed by atoms with Crippen molar-refractivity contribution in [2.24, 2.45) is 5.41 Å². The van der Waals surface area contributed by atoms with Gasteiger partial charge in [-0.25, -0.2) is 4.79 Å². The molecule has 0 fully saturated rings. The lowest BCUT2D eigenvalue weighted by atomic mass is 9.72. The number of hydrogen-bond donors (Lipinski definition) is 1. The fraction of sp³-hybridized carbons (Fsp3) is 0.333. The summed E-state index contributed by atoms with van der Waals surface area (Å²) in [6.45, 7) is 2.09. The Labute approximate surface area is 125 Å². The van der Waals surface area contributed by atoms with Crippen LogP contribution in [-0.4, -0.2) is 11.1 Å². The highest BCUT2D eigenvalue weighted by Gasteiger charge is 2.33. The van der Waals surface area contributed by atoms with Crippen LogP contribution in [0.5, 0.6) is 0 Å². The molecule has 1 aromatic rings. The molecule has 0 saturated heterocycles. The Kier molecular flexibility index (Phi) is 4.59. The lowest BCUT2D eigenvalue weighted by molar-refractivity contribution is -0.132. The standard InChI is InChI=1S/C18H19NO2/c1-2-3-10-18(13-19)11-9-15(17(20)21)16(12-18)14-7-5-4-6-8-14/h4-9,11H,2-3,10,12H2,1H3,(H,20,21). The van der Waals surface area contributed by atoms with Gasteiger partial charge in [-0.1, -0.05) is 56.2 Å². The van der Waals surface area contributed by atoms with Crippen molar-refractivity contribution in [3.8, 4) is 6.07 Å². The van der Waals surface area contributed by atoms with Crippen LogP contribution >= 0.6 is 0 Å². The van der Waals surface area contributed by atoms with Crippen molar-refractivity contribution < 1.29 is 9.90 Å². The van der Waals surface area contributed by atoms with Gasteiger partial charge in [-0.3, -0.25) is 0 Å². The predicted octanol–water partition coefficient (Wildman–Crippen LogP) is 4.18. The van der Waals surface area contributed by atoms with E-state index in [-0.39, 0.29) is 0 Å². The van der Waals surface area contributed by atoms with Crippen molar-refractivity contribution in [2.75, 3.05) is 0 Å². The summed E-state index contributed by atoms with van der Waals surface area (Å²) in [5.41, 5.74) is 1.35. The Morgan fingerprint density at radius 3 is 2.67 bits per heavy atom. The smallest absolute Gasteiger partial charge is 0.335 e. The normalized spacial score (nSPS) is 21.1. The highest BCUT2D eigenvalue weighted by Crippen LogP contribution is 2.42. The first-order chi connectivity index (χ1) is 10.1. The second-order valence-corrected chi connectivity index (χ2v) is 5.45. The Morgan fingerprint density at radius 1 is 1.38 bits per heavy atom. The van der Waals surface area contributed by atoms with Crippen molar-refractivity contribution in [1.82, 2.24) is 0 Å². The summed E-state index contributed by atoms with van der Waals surface area (Å²) in [6, 6.07) is 11.9. The lowest BCUT2D eigenvalue weighted by Crippen LogP contribution is -2.21. The highest BCUT2D eigenvalue weighted by molar-refractivity contribution is 6.00. The van der Waals surface area contributed by atoms with Crippen molar-refractivity contribution in [2.45, 2.75) is 32.6 Å². The highest BCUT2D eigenvalue weighted by atomic mass is 16.4. The van der Waals surface area contributed by atoms with E-state index in [1.807, 2.05) is 30.3 Å². The van der Waals surface area contributed by atoms with Gasteiger partial charge in [-0.2, -0.15) is 5.26 Å². The zero-order chi connectivity index (χ0) is 15.3. The molecule has 3 nitrogen and oxygen atoms in total. The van der Waals surface area contributed by atoms with Crippen LogP contribution in [0.1, 0.15) is 38.2 Å². The maximum Gasteiger partial charge on any atom is 0.335 e. The van der Waals surface area contributed by atoms with E-state index in [4.69, 9.17) is 0 Å². The molecule has 0 heterocycles. The minimum absolute atomic E-state index is 0.295. The van der Waals surface area contributed by atoms with Crippen LogP contribution < -0.4 is 0 Å². The molecule has 1 aliphatic carbocycles. The van der Waals surface area contributed by atoms with Gasteiger partial charge in [0.05, 0.1) is 17.1 Å². The molecule has 3 heteroatoms. The van der Waals surface area contributed by atoms with Crippen LogP contribution in [0.15, 0.2) is 48.1 Å². The van der Waals surface area contributed by atoms with E-state index in [9.17, 15) is 15.2 Å². The molecule has 0 aromatic heterocycles. The quantitative estimate of drug-likeness (QED) is 0.880. The molecule has 1 atom stereocenters. The number of rotatable bonds is 5.